The molecule has 0 aliphatic heterocycles. The smallest absolute Gasteiger partial charge is 0.124 e. The van der Waals surface area contributed by atoms with E-state index in [9.17, 15) is 0 Å². The highest BCUT2D eigenvalue weighted by Crippen LogP contribution is 2.31. The summed E-state index contributed by atoms with van der Waals surface area (Å²) < 4.78 is 11.8. The first-order valence-corrected chi connectivity index (χ1v) is 8.22. The van der Waals surface area contributed by atoms with Crippen molar-refractivity contribution in [2.75, 3.05) is 19.8 Å². The average molecular weight is 293 g/mol. The minimum absolute atomic E-state index is 0.142. The Hall–Kier alpha value is -1.06. The van der Waals surface area contributed by atoms with Gasteiger partial charge in [-0.1, -0.05) is 39.0 Å². The fourth-order valence-corrected chi connectivity index (χ4v) is 2.59. The molecule has 0 saturated carbocycles. The van der Waals surface area contributed by atoms with Crippen LogP contribution in [0.3, 0.4) is 0 Å². The molecule has 0 heterocycles. The molecule has 1 aromatic carbocycles. The molecule has 0 aromatic heterocycles. The van der Waals surface area contributed by atoms with Crippen LogP contribution in [0, 0.1) is 5.92 Å². The van der Waals surface area contributed by atoms with E-state index in [1.165, 1.54) is 5.56 Å². The summed E-state index contributed by atoms with van der Waals surface area (Å²) in [6, 6.07) is 8.45. The number of hydrogen-bond donors (Lipinski definition) is 1. The number of nitrogens with one attached hydrogen (secondary N) is 1. The normalized spacial score (nSPS) is 14.2. The molecule has 1 rings (SSSR count). The third-order valence-electron chi connectivity index (χ3n) is 3.51. The fraction of sp³-hybridized carbons (Fsp3) is 0.667. The molecule has 0 radical (unpaired) electrons. The summed E-state index contributed by atoms with van der Waals surface area (Å²) in [5.41, 5.74) is 1.19. The number of para-hydroxylation sites is 1. The number of ether oxygens (including phenoxy) is 2. The van der Waals surface area contributed by atoms with Crippen LogP contribution < -0.4 is 10.1 Å². The van der Waals surface area contributed by atoms with Crippen molar-refractivity contribution < 1.29 is 9.47 Å². The SMILES string of the molecule is CCCNC(c1ccccc1OCC)C(OCC)C(C)C. The Kier molecular flexibility index (Phi) is 8.40. The molecule has 0 amide bonds. The Morgan fingerprint density at radius 1 is 1.05 bits per heavy atom. The second kappa shape index (κ2) is 9.80. The van der Waals surface area contributed by atoms with Crippen molar-refractivity contribution in [3.63, 3.8) is 0 Å². The Labute approximate surface area is 130 Å². The van der Waals surface area contributed by atoms with E-state index in [1.54, 1.807) is 0 Å². The Balaban J connectivity index is 3.10. The third kappa shape index (κ3) is 5.33. The van der Waals surface area contributed by atoms with Gasteiger partial charge in [-0.3, -0.25) is 0 Å². The van der Waals surface area contributed by atoms with Crippen LogP contribution in [-0.2, 0) is 4.74 Å². The van der Waals surface area contributed by atoms with Crippen LogP contribution in [-0.4, -0.2) is 25.9 Å². The third-order valence-corrected chi connectivity index (χ3v) is 3.51. The standard InChI is InChI=1S/C18H31NO2/c1-6-13-19-17(18(14(4)5)21-8-3)15-11-9-10-12-16(15)20-7-2/h9-12,14,17-19H,6-8,13H2,1-5H3. The molecule has 0 aliphatic carbocycles. The van der Waals surface area contributed by atoms with Gasteiger partial charge in [0.1, 0.15) is 5.75 Å². The number of benzene rings is 1. The van der Waals surface area contributed by atoms with Crippen LogP contribution in [0.1, 0.15) is 52.6 Å². The second-order valence-electron chi connectivity index (χ2n) is 5.57. The highest BCUT2D eigenvalue weighted by atomic mass is 16.5. The molecule has 1 N–H and O–H groups in total. The van der Waals surface area contributed by atoms with Gasteiger partial charge in [0.25, 0.3) is 0 Å². The molecule has 1 aromatic rings. The lowest BCUT2D eigenvalue weighted by atomic mass is 9.92. The van der Waals surface area contributed by atoms with E-state index >= 15 is 0 Å². The van der Waals surface area contributed by atoms with E-state index < -0.39 is 0 Å². The molecule has 0 bridgehead atoms. The fourth-order valence-electron chi connectivity index (χ4n) is 2.59. The van der Waals surface area contributed by atoms with Crippen LogP contribution in [0.25, 0.3) is 0 Å². The topological polar surface area (TPSA) is 30.5 Å². The molecule has 0 saturated heterocycles. The van der Waals surface area contributed by atoms with Gasteiger partial charge in [-0.15, -0.1) is 0 Å². The maximum Gasteiger partial charge on any atom is 0.124 e. The number of rotatable bonds is 10. The van der Waals surface area contributed by atoms with Crippen LogP contribution in [0.15, 0.2) is 24.3 Å². The maximum atomic E-state index is 6.03. The summed E-state index contributed by atoms with van der Waals surface area (Å²) in [6.45, 7) is 13.1. The van der Waals surface area contributed by atoms with Crippen LogP contribution in [0.2, 0.25) is 0 Å². The first-order valence-electron chi connectivity index (χ1n) is 8.22. The predicted octanol–water partition coefficient (Wildman–Crippen LogP) is 4.19. The predicted molar refractivity (Wildman–Crippen MR) is 88.9 cm³/mol. The molecule has 21 heavy (non-hydrogen) atoms. The minimum Gasteiger partial charge on any atom is -0.494 e. The van der Waals surface area contributed by atoms with E-state index in [-0.39, 0.29) is 12.1 Å². The molecule has 0 aliphatic rings. The van der Waals surface area contributed by atoms with E-state index in [2.05, 4.69) is 45.1 Å². The van der Waals surface area contributed by atoms with Crippen LogP contribution in [0.4, 0.5) is 0 Å². The average Bonchev–Trinajstić information content (AvgIpc) is 2.48. The summed E-state index contributed by atoms with van der Waals surface area (Å²) >= 11 is 0. The molecule has 3 nitrogen and oxygen atoms in total. The summed E-state index contributed by atoms with van der Waals surface area (Å²) in [4.78, 5) is 0. The van der Waals surface area contributed by atoms with Gasteiger partial charge in [0.05, 0.1) is 18.8 Å². The van der Waals surface area contributed by atoms with Crippen molar-refractivity contribution in [1.82, 2.24) is 5.32 Å². The maximum absolute atomic E-state index is 6.03. The lowest BCUT2D eigenvalue weighted by molar-refractivity contribution is 0.00222. The molecule has 0 fully saturated rings. The molecule has 2 unspecified atom stereocenters. The van der Waals surface area contributed by atoms with E-state index in [0.717, 1.165) is 25.3 Å². The van der Waals surface area contributed by atoms with Gasteiger partial charge >= 0.3 is 0 Å². The molecule has 3 heteroatoms. The van der Waals surface area contributed by atoms with Gasteiger partial charge in [0.2, 0.25) is 0 Å². The van der Waals surface area contributed by atoms with Crippen molar-refractivity contribution in [2.45, 2.75) is 53.2 Å². The monoisotopic (exact) mass is 293 g/mol. The molecule has 2 atom stereocenters. The molecule has 0 spiro atoms. The van der Waals surface area contributed by atoms with Crippen molar-refractivity contribution >= 4 is 0 Å². The molecular weight excluding hydrogens is 262 g/mol. The number of hydrogen-bond acceptors (Lipinski definition) is 3. The summed E-state index contributed by atoms with van der Waals surface area (Å²) in [5, 5.41) is 3.65. The Bertz CT molecular complexity index is 393. The zero-order valence-corrected chi connectivity index (χ0v) is 14.2. The highest BCUT2D eigenvalue weighted by Gasteiger charge is 2.28. The van der Waals surface area contributed by atoms with E-state index in [1.807, 2.05) is 19.1 Å². The molecular formula is C18H31NO2. The van der Waals surface area contributed by atoms with E-state index in [4.69, 9.17) is 9.47 Å². The van der Waals surface area contributed by atoms with Gasteiger partial charge in [-0.2, -0.15) is 0 Å². The largest absolute Gasteiger partial charge is 0.494 e. The summed E-state index contributed by atoms with van der Waals surface area (Å²) in [5.74, 6) is 1.40. The van der Waals surface area contributed by atoms with Gasteiger partial charge in [0.15, 0.2) is 0 Å². The van der Waals surface area contributed by atoms with E-state index in [0.29, 0.717) is 12.5 Å². The van der Waals surface area contributed by atoms with Crippen LogP contribution in [0.5, 0.6) is 5.75 Å². The lowest BCUT2D eigenvalue weighted by Gasteiger charge is -2.32. The van der Waals surface area contributed by atoms with Gasteiger partial charge < -0.3 is 14.8 Å². The van der Waals surface area contributed by atoms with Gasteiger partial charge in [-0.05, 0) is 38.8 Å². The lowest BCUT2D eigenvalue weighted by Crippen LogP contribution is -2.38. The zero-order chi connectivity index (χ0) is 15.7. The quantitative estimate of drug-likeness (QED) is 0.702. The van der Waals surface area contributed by atoms with Crippen molar-refractivity contribution in [3.05, 3.63) is 29.8 Å². The first-order chi connectivity index (χ1) is 10.2. The summed E-state index contributed by atoms with van der Waals surface area (Å²) in [6.07, 6.45) is 1.24. The highest BCUT2D eigenvalue weighted by molar-refractivity contribution is 5.36. The summed E-state index contributed by atoms with van der Waals surface area (Å²) in [7, 11) is 0. The van der Waals surface area contributed by atoms with Gasteiger partial charge in [-0.25, -0.2) is 0 Å². The van der Waals surface area contributed by atoms with Crippen molar-refractivity contribution in [3.8, 4) is 5.75 Å². The van der Waals surface area contributed by atoms with Crippen molar-refractivity contribution in [1.29, 1.82) is 0 Å². The molecule has 120 valence electrons. The van der Waals surface area contributed by atoms with Crippen molar-refractivity contribution in [2.24, 2.45) is 5.92 Å². The first kappa shape index (κ1) is 18.0. The minimum atomic E-state index is 0.142. The zero-order valence-electron chi connectivity index (χ0n) is 14.2. The second-order valence-corrected chi connectivity index (χ2v) is 5.57. The van der Waals surface area contributed by atoms with Crippen LogP contribution >= 0.6 is 0 Å². The Morgan fingerprint density at radius 2 is 1.76 bits per heavy atom. The Morgan fingerprint density at radius 3 is 2.33 bits per heavy atom. The van der Waals surface area contributed by atoms with Gasteiger partial charge in [0, 0.05) is 12.2 Å².